The number of hydrogen-bond acceptors (Lipinski definition) is 3. The summed E-state index contributed by atoms with van der Waals surface area (Å²) in [6.07, 6.45) is 0.755. The highest BCUT2D eigenvalue weighted by Gasteiger charge is 2.09. The summed E-state index contributed by atoms with van der Waals surface area (Å²) in [5, 5.41) is 12.5. The van der Waals surface area contributed by atoms with Crippen molar-refractivity contribution < 1.29 is 9.90 Å². The van der Waals surface area contributed by atoms with Gasteiger partial charge < -0.3 is 10.4 Å². The second kappa shape index (κ2) is 9.11. The average molecular weight is 309 g/mol. The number of aliphatic hydroxyl groups is 1. The Morgan fingerprint density at radius 1 is 1.29 bits per heavy atom. The first-order valence-corrected chi connectivity index (χ1v) is 8.52. The zero-order valence-electron chi connectivity index (χ0n) is 13.5. The molecule has 0 aromatic heterocycles. The summed E-state index contributed by atoms with van der Waals surface area (Å²) < 4.78 is 0. The van der Waals surface area contributed by atoms with Gasteiger partial charge in [-0.25, -0.2) is 0 Å². The maximum Gasteiger partial charge on any atom is 0.220 e. The topological polar surface area (TPSA) is 49.3 Å². The lowest BCUT2D eigenvalue weighted by atomic mass is 10.1. The van der Waals surface area contributed by atoms with Crippen molar-refractivity contribution in [2.24, 2.45) is 5.92 Å². The van der Waals surface area contributed by atoms with Crippen molar-refractivity contribution in [3.8, 4) is 0 Å². The number of benzene rings is 1. The van der Waals surface area contributed by atoms with Crippen molar-refractivity contribution in [1.29, 1.82) is 0 Å². The third-order valence-corrected chi connectivity index (χ3v) is 4.35. The zero-order valence-corrected chi connectivity index (χ0v) is 14.3. The molecule has 2 N–H and O–H groups in total. The van der Waals surface area contributed by atoms with Gasteiger partial charge in [-0.15, -0.1) is 11.8 Å². The van der Waals surface area contributed by atoms with Gasteiger partial charge in [0.1, 0.15) is 0 Å². The Morgan fingerprint density at radius 2 is 2.00 bits per heavy atom. The van der Waals surface area contributed by atoms with Gasteiger partial charge in [-0.1, -0.05) is 19.9 Å². The van der Waals surface area contributed by atoms with E-state index in [4.69, 9.17) is 0 Å². The normalized spacial score (nSPS) is 12.5. The number of carbonyl (C=O) groups excluding carboxylic acids is 1. The van der Waals surface area contributed by atoms with E-state index in [-0.39, 0.29) is 5.91 Å². The molecule has 0 saturated carbocycles. The number of hydrogen-bond donors (Lipinski definition) is 2. The van der Waals surface area contributed by atoms with Crippen molar-refractivity contribution in [3.05, 3.63) is 29.3 Å². The van der Waals surface area contributed by atoms with Crippen LogP contribution in [0.2, 0.25) is 0 Å². The average Bonchev–Trinajstić information content (AvgIpc) is 2.40. The largest absolute Gasteiger partial charge is 0.391 e. The lowest BCUT2D eigenvalue weighted by Gasteiger charge is -2.13. The molecule has 118 valence electrons. The predicted octanol–water partition coefficient (Wildman–Crippen LogP) is 3.31. The van der Waals surface area contributed by atoms with E-state index < -0.39 is 6.10 Å². The molecule has 3 nitrogen and oxygen atoms in total. The summed E-state index contributed by atoms with van der Waals surface area (Å²) in [6.45, 7) is 8.67. The third kappa shape index (κ3) is 7.53. The van der Waals surface area contributed by atoms with E-state index in [2.05, 4.69) is 51.2 Å². The fourth-order valence-electron chi connectivity index (χ4n) is 2.01. The summed E-state index contributed by atoms with van der Waals surface area (Å²) in [5.41, 5.74) is 2.57. The van der Waals surface area contributed by atoms with E-state index in [0.29, 0.717) is 18.9 Å². The highest BCUT2D eigenvalue weighted by atomic mass is 32.2. The van der Waals surface area contributed by atoms with Crippen LogP contribution in [-0.4, -0.2) is 29.4 Å². The lowest BCUT2D eigenvalue weighted by molar-refractivity contribution is -0.121. The zero-order chi connectivity index (χ0) is 15.8. The maximum absolute atomic E-state index is 11.7. The quantitative estimate of drug-likeness (QED) is 0.724. The smallest absolute Gasteiger partial charge is 0.220 e. The molecule has 1 rings (SSSR count). The van der Waals surface area contributed by atoms with Gasteiger partial charge in [0.25, 0.3) is 0 Å². The summed E-state index contributed by atoms with van der Waals surface area (Å²) >= 11 is 1.69. The molecular weight excluding hydrogens is 282 g/mol. The predicted molar refractivity (Wildman–Crippen MR) is 89.7 cm³/mol. The molecule has 0 aliphatic carbocycles. The molecule has 1 atom stereocenters. The first kappa shape index (κ1) is 18.1. The fourth-order valence-corrected chi connectivity index (χ4v) is 2.96. The van der Waals surface area contributed by atoms with Crippen LogP contribution in [0.5, 0.6) is 0 Å². The summed E-state index contributed by atoms with van der Waals surface area (Å²) in [4.78, 5) is 12.9. The molecule has 0 fully saturated rings. The van der Waals surface area contributed by atoms with Crippen LogP contribution >= 0.6 is 11.8 Å². The van der Waals surface area contributed by atoms with Gasteiger partial charge in [-0.3, -0.25) is 4.79 Å². The number of rotatable bonds is 8. The van der Waals surface area contributed by atoms with Gasteiger partial charge in [-0.2, -0.15) is 0 Å². The maximum atomic E-state index is 11.7. The molecule has 1 aromatic rings. The monoisotopic (exact) mass is 309 g/mol. The van der Waals surface area contributed by atoms with Gasteiger partial charge >= 0.3 is 0 Å². The first-order valence-electron chi connectivity index (χ1n) is 7.53. The van der Waals surface area contributed by atoms with Gasteiger partial charge in [0.2, 0.25) is 5.91 Å². The van der Waals surface area contributed by atoms with Crippen LogP contribution in [-0.2, 0) is 4.79 Å². The molecule has 0 aliphatic rings. The van der Waals surface area contributed by atoms with Crippen LogP contribution < -0.4 is 5.32 Å². The number of nitrogens with one attached hydrogen (secondary N) is 1. The Labute approximate surface area is 132 Å². The number of aliphatic hydroxyl groups excluding tert-OH is 1. The van der Waals surface area contributed by atoms with Crippen LogP contribution in [0.1, 0.15) is 37.8 Å². The minimum absolute atomic E-state index is 0.00846. The number of amides is 1. The van der Waals surface area contributed by atoms with E-state index in [0.717, 1.165) is 12.2 Å². The molecule has 0 saturated heterocycles. The third-order valence-electron chi connectivity index (χ3n) is 3.35. The molecule has 1 aromatic carbocycles. The van der Waals surface area contributed by atoms with Crippen LogP contribution in [0.15, 0.2) is 23.1 Å². The van der Waals surface area contributed by atoms with Crippen molar-refractivity contribution in [2.45, 2.75) is 51.5 Å². The van der Waals surface area contributed by atoms with E-state index in [9.17, 15) is 9.90 Å². The molecule has 0 spiro atoms. The Kier molecular flexibility index (Phi) is 7.83. The van der Waals surface area contributed by atoms with Crippen LogP contribution in [0.4, 0.5) is 0 Å². The number of thioether (sulfide) groups is 1. The number of aryl methyl sites for hydroxylation is 2. The van der Waals surface area contributed by atoms with Crippen molar-refractivity contribution in [2.75, 3.05) is 12.3 Å². The standard InChI is InChI=1S/C17H27NO2S/c1-12(2)9-15(19)11-18-17(20)7-8-21-16-6-5-13(3)14(4)10-16/h5-6,10,12,15,19H,7-9,11H2,1-4H3,(H,18,20). The van der Waals surface area contributed by atoms with E-state index in [1.54, 1.807) is 11.8 Å². The van der Waals surface area contributed by atoms with Gasteiger partial charge in [0.05, 0.1) is 6.10 Å². The summed E-state index contributed by atoms with van der Waals surface area (Å²) in [7, 11) is 0. The molecule has 0 aliphatic heterocycles. The highest BCUT2D eigenvalue weighted by molar-refractivity contribution is 7.99. The second-order valence-corrected chi connectivity index (χ2v) is 7.10. The van der Waals surface area contributed by atoms with E-state index in [1.165, 1.54) is 16.0 Å². The van der Waals surface area contributed by atoms with E-state index >= 15 is 0 Å². The van der Waals surface area contributed by atoms with Gasteiger partial charge in [0.15, 0.2) is 0 Å². The van der Waals surface area contributed by atoms with Crippen LogP contribution in [0.3, 0.4) is 0 Å². The van der Waals surface area contributed by atoms with Crippen LogP contribution in [0, 0.1) is 19.8 Å². The van der Waals surface area contributed by atoms with Crippen molar-refractivity contribution in [1.82, 2.24) is 5.32 Å². The molecule has 21 heavy (non-hydrogen) atoms. The Balaban J connectivity index is 2.22. The van der Waals surface area contributed by atoms with Gasteiger partial charge in [0, 0.05) is 23.6 Å². The first-order chi connectivity index (χ1) is 9.88. The molecule has 1 unspecified atom stereocenters. The second-order valence-electron chi connectivity index (χ2n) is 5.93. The van der Waals surface area contributed by atoms with E-state index in [1.807, 2.05) is 0 Å². The van der Waals surface area contributed by atoms with Crippen LogP contribution in [0.25, 0.3) is 0 Å². The van der Waals surface area contributed by atoms with Crippen molar-refractivity contribution in [3.63, 3.8) is 0 Å². The van der Waals surface area contributed by atoms with Crippen molar-refractivity contribution >= 4 is 17.7 Å². The lowest BCUT2D eigenvalue weighted by Crippen LogP contribution is -2.32. The minimum atomic E-state index is -0.443. The molecule has 0 heterocycles. The molecule has 1 amide bonds. The SMILES string of the molecule is Cc1ccc(SCCC(=O)NCC(O)CC(C)C)cc1C. The summed E-state index contributed by atoms with van der Waals surface area (Å²) in [6, 6.07) is 6.36. The molecule has 0 radical (unpaired) electrons. The number of carbonyl (C=O) groups is 1. The highest BCUT2D eigenvalue weighted by Crippen LogP contribution is 2.21. The Morgan fingerprint density at radius 3 is 2.62 bits per heavy atom. The minimum Gasteiger partial charge on any atom is -0.391 e. The fraction of sp³-hybridized carbons (Fsp3) is 0.588. The molecule has 0 bridgehead atoms. The van der Waals surface area contributed by atoms with Gasteiger partial charge in [-0.05, 0) is 49.4 Å². The Hall–Kier alpha value is -1.00. The molecule has 4 heteroatoms. The summed E-state index contributed by atoms with van der Waals surface area (Å²) in [5.74, 6) is 1.21. The molecular formula is C17H27NO2S. The Bertz CT molecular complexity index is 460.